The molecule has 34 heavy (non-hydrogen) atoms. The Morgan fingerprint density at radius 1 is 0.794 bits per heavy atom. The Bertz CT molecular complexity index is 1510. The lowest BCUT2D eigenvalue weighted by Crippen LogP contribution is -2.18. The predicted molar refractivity (Wildman–Crippen MR) is 128 cm³/mol. The van der Waals surface area contributed by atoms with Crippen molar-refractivity contribution in [3.05, 3.63) is 83.3 Å². The van der Waals surface area contributed by atoms with Crippen LogP contribution in [0.2, 0.25) is 0 Å². The molecule has 0 aliphatic heterocycles. The molecule has 5 aromatic rings. The van der Waals surface area contributed by atoms with Crippen LogP contribution in [0.25, 0.3) is 39.3 Å². The van der Waals surface area contributed by atoms with Crippen molar-refractivity contribution in [2.24, 2.45) is 0 Å². The molecule has 0 bridgehead atoms. The molecule has 0 spiro atoms. The maximum atomic E-state index is 13.3. The highest BCUT2D eigenvalue weighted by Crippen LogP contribution is 2.32. The average molecular weight is 455 g/mol. The molecular formula is C26H21N3O5. The van der Waals surface area contributed by atoms with Crippen LogP contribution in [-0.4, -0.2) is 36.0 Å². The number of hydrogen-bond acceptors (Lipinski definition) is 7. The molecule has 8 nitrogen and oxygen atoms in total. The van der Waals surface area contributed by atoms with Gasteiger partial charge < -0.3 is 18.7 Å². The second kappa shape index (κ2) is 8.74. The third-order valence-electron chi connectivity index (χ3n) is 5.54. The number of hydrogen-bond donors (Lipinski definition) is 0. The van der Waals surface area contributed by atoms with Crippen LogP contribution in [0.1, 0.15) is 0 Å². The minimum atomic E-state index is -0.151. The molecule has 0 radical (unpaired) electrons. The number of fused-ring (bicyclic) bond motifs is 1. The van der Waals surface area contributed by atoms with E-state index in [-0.39, 0.29) is 11.4 Å². The molecule has 0 unspecified atom stereocenters. The largest absolute Gasteiger partial charge is 0.497 e. The van der Waals surface area contributed by atoms with E-state index in [1.165, 1.54) is 0 Å². The van der Waals surface area contributed by atoms with Crippen molar-refractivity contribution in [3.8, 4) is 45.8 Å². The van der Waals surface area contributed by atoms with E-state index in [0.29, 0.717) is 45.3 Å². The van der Waals surface area contributed by atoms with Crippen molar-refractivity contribution in [2.45, 2.75) is 0 Å². The zero-order chi connectivity index (χ0) is 23.7. The van der Waals surface area contributed by atoms with E-state index in [1.807, 2.05) is 30.3 Å². The zero-order valence-electron chi connectivity index (χ0n) is 18.8. The van der Waals surface area contributed by atoms with E-state index in [2.05, 4.69) is 10.1 Å². The van der Waals surface area contributed by atoms with Gasteiger partial charge in [0, 0.05) is 34.3 Å². The highest BCUT2D eigenvalue weighted by atomic mass is 16.5. The quantitative estimate of drug-likeness (QED) is 0.366. The molecule has 2 aromatic heterocycles. The van der Waals surface area contributed by atoms with Gasteiger partial charge >= 0.3 is 0 Å². The molecule has 5 rings (SSSR count). The van der Waals surface area contributed by atoms with Crippen LogP contribution in [0.4, 0.5) is 0 Å². The number of ether oxygens (including phenoxy) is 3. The van der Waals surface area contributed by atoms with Crippen LogP contribution in [0.5, 0.6) is 17.2 Å². The van der Waals surface area contributed by atoms with Gasteiger partial charge in [-0.1, -0.05) is 23.4 Å². The molecule has 0 aliphatic rings. The van der Waals surface area contributed by atoms with E-state index >= 15 is 0 Å². The van der Waals surface area contributed by atoms with Crippen molar-refractivity contribution in [2.75, 3.05) is 21.3 Å². The highest BCUT2D eigenvalue weighted by molar-refractivity contribution is 5.94. The topological polar surface area (TPSA) is 88.6 Å². The maximum Gasteiger partial charge on any atom is 0.262 e. The van der Waals surface area contributed by atoms with E-state index in [1.54, 1.807) is 68.5 Å². The standard InChI is InChI=1S/C26H21N3O5/c1-31-18-10-8-17(9-11-18)29-15-23(21-6-4-5-7-22(21)26(29)30)25-27-24(28-34-25)16-12-19(32-2)14-20(13-16)33-3/h4-15H,1-3H3. The Morgan fingerprint density at radius 3 is 2.09 bits per heavy atom. The number of aromatic nitrogens is 3. The van der Waals surface area contributed by atoms with Crippen LogP contribution in [0, 0.1) is 0 Å². The van der Waals surface area contributed by atoms with Crippen molar-refractivity contribution in [3.63, 3.8) is 0 Å². The first-order valence-electron chi connectivity index (χ1n) is 10.5. The fourth-order valence-electron chi connectivity index (χ4n) is 3.78. The molecule has 0 amide bonds. The van der Waals surface area contributed by atoms with Gasteiger partial charge in [-0.25, -0.2) is 0 Å². The zero-order valence-corrected chi connectivity index (χ0v) is 18.8. The van der Waals surface area contributed by atoms with E-state index < -0.39 is 0 Å². The van der Waals surface area contributed by atoms with Crippen molar-refractivity contribution >= 4 is 10.8 Å². The van der Waals surface area contributed by atoms with Gasteiger partial charge in [0.15, 0.2) is 0 Å². The molecule has 0 saturated carbocycles. The first-order valence-corrected chi connectivity index (χ1v) is 10.5. The Morgan fingerprint density at radius 2 is 1.44 bits per heavy atom. The Balaban J connectivity index is 1.67. The maximum absolute atomic E-state index is 13.3. The second-order valence-electron chi connectivity index (χ2n) is 7.49. The molecule has 0 fully saturated rings. The number of nitrogens with zero attached hydrogens (tertiary/aromatic N) is 3. The molecule has 0 N–H and O–H groups in total. The van der Waals surface area contributed by atoms with Crippen LogP contribution in [0.3, 0.4) is 0 Å². The molecular weight excluding hydrogens is 434 g/mol. The normalized spacial score (nSPS) is 10.9. The monoisotopic (exact) mass is 455 g/mol. The fourth-order valence-corrected chi connectivity index (χ4v) is 3.78. The Kier molecular flexibility index (Phi) is 5.47. The predicted octanol–water partition coefficient (Wildman–Crippen LogP) is 4.73. The smallest absolute Gasteiger partial charge is 0.262 e. The van der Waals surface area contributed by atoms with E-state index in [0.717, 1.165) is 5.39 Å². The molecule has 0 saturated heterocycles. The molecule has 0 aliphatic carbocycles. The SMILES string of the molecule is COc1ccc(-n2cc(-c3nc(-c4cc(OC)cc(OC)c4)no3)c3ccccc3c2=O)cc1. The van der Waals surface area contributed by atoms with Gasteiger partial charge in [0.25, 0.3) is 11.4 Å². The van der Waals surface area contributed by atoms with Crippen LogP contribution in [-0.2, 0) is 0 Å². The summed E-state index contributed by atoms with van der Waals surface area (Å²) in [7, 11) is 4.75. The van der Waals surface area contributed by atoms with Crippen molar-refractivity contribution < 1.29 is 18.7 Å². The number of pyridine rings is 1. The minimum Gasteiger partial charge on any atom is -0.497 e. The summed E-state index contributed by atoms with van der Waals surface area (Å²) in [6, 6.07) is 20.0. The lowest BCUT2D eigenvalue weighted by atomic mass is 10.1. The fraction of sp³-hybridized carbons (Fsp3) is 0.115. The lowest BCUT2D eigenvalue weighted by Gasteiger charge is -2.11. The molecule has 3 aromatic carbocycles. The van der Waals surface area contributed by atoms with Gasteiger partial charge in [-0.2, -0.15) is 4.98 Å². The van der Waals surface area contributed by atoms with Gasteiger partial charge in [-0.05, 0) is 42.5 Å². The Labute approximate surface area is 194 Å². The van der Waals surface area contributed by atoms with Crippen molar-refractivity contribution in [1.29, 1.82) is 0 Å². The number of benzene rings is 3. The second-order valence-corrected chi connectivity index (χ2v) is 7.49. The number of methoxy groups -OCH3 is 3. The average Bonchev–Trinajstić information content (AvgIpc) is 3.39. The summed E-state index contributed by atoms with van der Waals surface area (Å²) in [5.41, 5.74) is 1.86. The van der Waals surface area contributed by atoms with Gasteiger partial charge in [0.2, 0.25) is 5.82 Å². The van der Waals surface area contributed by atoms with Gasteiger partial charge in [-0.3, -0.25) is 9.36 Å². The summed E-state index contributed by atoms with van der Waals surface area (Å²) in [6.07, 6.45) is 1.72. The molecule has 8 heteroatoms. The minimum absolute atomic E-state index is 0.151. The third-order valence-corrected chi connectivity index (χ3v) is 5.54. The van der Waals surface area contributed by atoms with Crippen molar-refractivity contribution in [1.82, 2.24) is 14.7 Å². The molecule has 170 valence electrons. The van der Waals surface area contributed by atoms with Gasteiger partial charge in [-0.15, -0.1) is 0 Å². The Hall–Kier alpha value is -4.59. The summed E-state index contributed by atoms with van der Waals surface area (Å²) in [5, 5.41) is 5.43. The first-order chi connectivity index (χ1) is 16.6. The molecule has 0 atom stereocenters. The first kappa shape index (κ1) is 21.3. The van der Waals surface area contributed by atoms with Crippen LogP contribution in [0.15, 0.2) is 82.2 Å². The summed E-state index contributed by atoms with van der Waals surface area (Å²) >= 11 is 0. The summed E-state index contributed by atoms with van der Waals surface area (Å²) in [5.74, 6) is 2.58. The van der Waals surface area contributed by atoms with E-state index in [9.17, 15) is 4.79 Å². The summed E-state index contributed by atoms with van der Waals surface area (Å²) in [4.78, 5) is 17.9. The summed E-state index contributed by atoms with van der Waals surface area (Å²) in [6.45, 7) is 0. The van der Waals surface area contributed by atoms with Gasteiger partial charge in [0.05, 0.1) is 26.9 Å². The van der Waals surface area contributed by atoms with E-state index in [4.69, 9.17) is 18.7 Å². The third kappa shape index (κ3) is 3.75. The number of rotatable bonds is 6. The van der Waals surface area contributed by atoms with Crippen LogP contribution < -0.4 is 19.8 Å². The molecule has 2 heterocycles. The summed E-state index contributed by atoms with van der Waals surface area (Å²) < 4.78 is 23.2. The van der Waals surface area contributed by atoms with Gasteiger partial charge in [0.1, 0.15) is 17.2 Å². The lowest BCUT2D eigenvalue weighted by molar-refractivity contribution is 0.394. The van der Waals surface area contributed by atoms with Crippen LogP contribution >= 0.6 is 0 Å². The highest BCUT2D eigenvalue weighted by Gasteiger charge is 2.18.